The van der Waals surface area contributed by atoms with Crippen molar-refractivity contribution >= 4 is 28.8 Å². The fourth-order valence-corrected chi connectivity index (χ4v) is 3.90. The molecule has 0 saturated carbocycles. The van der Waals surface area contributed by atoms with E-state index >= 15 is 0 Å². The third-order valence-corrected chi connectivity index (χ3v) is 5.45. The maximum Gasteiger partial charge on any atom is 0.282 e. The van der Waals surface area contributed by atoms with Crippen molar-refractivity contribution < 1.29 is 14.3 Å². The van der Waals surface area contributed by atoms with Crippen LogP contribution in [0.2, 0.25) is 0 Å². The Bertz CT molecular complexity index is 1150. The number of nitrogens with zero attached hydrogens (tertiary/aromatic N) is 2. The highest BCUT2D eigenvalue weighted by Crippen LogP contribution is 2.37. The van der Waals surface area contributed by atoms with E-state index in [4.69, 9.17) is 4.74 Å². The second-order valence-electron chi connectivity index (χ2n) is 8.31. The number of imide groups is 1. The SMILES string of the molecule is CCN(C1=C(c2ccc(OCC(C)C)cc2)C(=O)N(c2ccccc2)C1=O)c1ccccc1. The minimum Gasteiger partial charge on any atom is -0.493 e. The number of benzene rings is 3. The van der Waals surface area contributed by atoms with E-state index in [1.165, 1.54) is 4.90 Å². The van der Waals surface area contributed by atoms with E-state index in [-0.39, 0.29) is 11.8 Å². The Morgan fingerprint density at radius 3 is 2.00 bits per heavy atom. The van der Waals surface area contributed by atoms with Crippen LogP contribution in [0.1, 0.15) is 26.3 Å². The second-order valence-corrected chi connectivity index (χ2v) is 8.31. The number of hydrogen-bond donors (Lipinski definition) is 0. The van der Waals surface area contributed by atoms with Gasteiger partial charge in [-0.3, -0.25) is 9.59 Å². The third kappa shape index (κ3) is 4.53. The molecule has 4 rings (SSSR count). The summed E-state index contributed by atoms with van der Waals surface area (Å²) in [6, 6.07) is 26.1. The van der Waals surface area contributed by atoms with Gasteiger partial charge < -0.3 is 9.64 Å². The average Bonchev–Trinajstić information content (AvgIpc) is 3.09. The van der Waals surface area contributed by atoms with E-state index in [2.05, 4.69) is 13.8 Å². The molecule has 0 spiro atoms. The van der Waals surface area contributed by atoms with E-state index < -0.39 is 0 Å². The topological polar surface area (TPSA) is 49.9 Å². The smallest absolute Gasteiger partial charge is 0.282 e. The van der Waals surface area contributed by atoms with Crippen LogP contribution in [0.15, 0.2) is 90.6 Å². The molecule has 0 N–H and O–H groups in total. The lowest BCUT2D eigenvalue weighted by Gasteiger charge is -2.25. The second kappa shape index (κ2) is 9.74. The minimum absolute atomic E-state index is 0.327. The molecule has 2 amide bonds. The van der Waals surface area contributed by atoms with Crippen LogP contribution in [0.5, 0.6) is 5.75 Å². The first-order chi connectivity index (χ1) is 16.0. The van der Waals surface area contributed by atoms with Gasteiger partial charge in [0.05, 0.1) is 17.9 Å². The number of para-hydroxylation sites is 2. The first-order valence-corrected chi connectivity index (χ1v) is 11.2. The predicted molar refractivity (Wildman–Crippen MR) is 132 cm³/mol. The molecule has 1 aliphatic rings. The molecule has 5 nitrogen and oxygen atoms in total. The number of carbonyl (C=O) groups is 2. The number of ether oxygens (including phenoxy) is 1. The van der Waals surface area contributed by atoms with Crippen molar-refractivity contribution in [2.75, 3.05) is 23.0 Å². The molecule has 168 valence electrons. The molecule has 33 heavy (non-hydrogen) atoms. The highest BCUT2D eigenvalue weighted by atomic mass is 16.5. The number of likely N-dealkylation sites (N-methyl/N-ethyl adjacent to an activating group) is 1. The summed E-state index contributed by atoms with van der Waals surface area (Å²) in [6.45, 7) is 7.32. The number of rotatable bonds is 8. The lowest BCUT2D eigenvalue weighted by atomic mass is 10.0. The van der Waals surface area contributed by atoms with Gasteiger partial charge >= 0.3 is 0 Å². The Morgan fingerprint density at radius 2 is 1.42 bits per heavy atom. The molecule has 3 aromatic carbocycles. The van der Waals surface area contributed by atoms with Gasteiger partial charge in [0.2, 0.25) is 0 Å². The summed E-state index contributed by atoms with van der Waals surface area (Å²) in [4.78, 5) is 30.5. The highest BCUT2D eigenvalue weighted by Gasteiger charge is 2.42. The normalized spacial score (nSPS) is 13.8. The van der Waals surface area contributed by atoms with Gasteiger partial charge in [-0.15, -0.1) is 0 Å². The van der Waals surface area contributed by atoms with Crippen LogP contribution in [-0.2, 0) is 9.59 Å². The molecular formula is C28H28N2O3. The number of amides is 2. The van der Waals surface area contributed by atoms with Gasteiger partial charge in [-0.1, -0.05) is 62.4 Å². The van der Waals surface area contributed by atoms with Gasteiger partial charge in [-0.05, 0) is 54.8 Å². The van der Waals surface area contributed by atoms with Crippen molar-refractivity contribution in [2.24, 2.45) is 5.92 Å². The van der Waals surface area contributed by atoms with Crippen LogP contribution in [0.3, 0.4) is 0 Å². The Balaban J connectivity index is 1.81. The highest BCUT2D eigenvalue weighted by molar-refractivity contribution is 6.46. The van der Waals surface area contributed by atoms with E-state index in [1.807, 2.05) is 84.6 Å². The van der Waals surface area contributed by atoms with Crippen LogP contribution < -0.4 is 14.5 Å². The van der Waals surface area contributed by atoms with E-state index in [0.717, 1.165) is 11.4 Å². The van der Waals surface area contributed by atoms with E-state index in [0.29, 0.717) is 41.6 Å². The summed E-state index contributed by atoms with van der Waals surface area (Å²) in [5, 5.41) is 0. The van der Waals surface area contributed by atoms with Crippen LogP contribution in [0.4, 0.5) is 11.4 Å². The van der Waals surface area contributed by atoms with Crippen LogP contribution >= 0.6 is 0 Å². The Kier molecular flexibility index (Phi) is 6.59. The molecule has 3 aromatic rings. The molecule has 0 fully saturated rings. The Labute approximate surface area is 194 Å². The van der Waals surface area contributed by atoms with Gasteiger partial charge in [0.1, 0.15) is 11.4 Å². The van der Waals surface area contributed by atoms with Crippen LogP contribution in [0.25, 0.3) is 5.57 Å². The van der Waals surface area contributed by atoms with Crippen molar-refractivity contribution in [3.8, 4) is 5.75 Å². The molecule has 0 aromatic heterocycles. The van der Waals surface area contributed by atoms with Crippen LogP contribution in [-0.4, -0.2) is 25.0 Å². The summed E-state index contributed by atoms with van der Waals surface area (Å²) in [6.07, 6.45) is 0. The monoisotopic (exact) mass is 440 g/mol. The molecule has 1 heterocycles. The van der Waals surface area contributed by atoms with Crippen molar-refractivity contribution in [2.45, 2.75) is 20.8 Å². The Hall–Kier alpha value is -3.86. The van der Waals surface area contributed by atoms with Crippen molar-refractivity contribution in [1.82, 2.24) is 0 Å². The molecule has 0 bridgehead atoms. The first-order valence-electron chi connectivity index (χ1n) is 11.2. The number of hydrogen-bond acceptors (Lipinski definition) is 4. The molecule has 0 saturated heterocycles. The van der Waals surface area contributed by atoms with Crippen LogP contribution in [0, 0.1) is 5.92 Å². The van der Waals surface area contributed by atoms with Gasteiger partial charge in [-0.25, -0.2) is 4.90 Å². The fraction of sp³-hybridized carbons (Fsp3) is 0.214. The lowest BCUT2D eigenvalue weighted by molar-refractivity contribution is -0.120. The summed E-state index contributed by atoms with van der Waals surface area (Å²) in [7, 11) is 0. The fourth-order valence-electron chi connectivity index (χ4n) is 3.90. The molecule has 0 aliphatic carbocycles. The standard InChI is InChI=1S/C28H28N2O3/c1-4-29(22-11-7-5-8-12-22)26-25(21-15-17-24(18-16-21)33-19-20(2)3)27(31)30(28(26)32)23-13-9-6-10-14-23/h5-18,20H,4,19H2,1-3H3. The molecule has 1 aliphatic heterocycles. The maximum atomic E-state index is 13.7. The Morgan fingerprint density at radius 1 is 0.818 bits per heavy atom. The van der Waals surface area contributed by atoms with Crippen molar-refractivity contribution in [3.63, 3.8) is 0 Å². The number of carbonyl (C=O) groups excluding carboxylic acids is 2. The summed E-state index contributed by atoms with van der Waals surface area (Å²) in [5.74, 6) is 0.497. The zero-order chi connectivity index (χ0) is 23.4. The molecule has 0 radical (unpaired) electrons. The summed E-state index contributed by atoms with van der Waals surface area (Å²) < 4.78 is 5.80. The maximum absolute atomic E-state index is 13.7. The third-order valence-electron chi connectivity index (χ3n) is 5.45. The van der Waals surface area contributed by atoms with Gasteiger partial charge in [-0.2, -0.15) is 0 Å². The van der Waals surface area contributed by atoms with Gasteiger partial charge in [0, 0.05) is 12.2 Å². The zero-order valence-electron chi connectivity index (χ0n) is 19.2. The van der Waals surface area contributed by atoms with Gasteiger partial charge in [0.25, 0.3) is 11.8 Å². The number of anilines is 2. The van der Waals surface area contributed by atoms with E-state index in [1.54, 1.807) is 12.1 Å². The minimum atomic E-state index is -0.327. The molecule has 5 heteroatoms. The molecular weight excluding hydrogens is 412 g/mol. The largest absolute Gasteiger partial charge is 0.493 e. The van der Waals surface area contributed by atoms with Gasteiger partial charge in [0.15, 0.2) is 0 Å². The molecule has 0 atom stereocenters. The molecule has 0 unspecified atom stereocenters. The summed E-state index contributed by atoms with van der Waals surface area (Å²) in [5.41, 5.74) is 2.88. The quantitative estimate of drug-likeness (QED) is 0.432. The van der Waals surface area contributed by atoms with Crippen molar-refractivity contribution in [3.05, 3.63) is 96.2 Å². The average molecular weight is 441 g/mol. The van der Waals surface area contributed by atoms with Crippen molar-refractivity contribution in [1.29, 1.82) is 0 Å². The summed E-state index contributed by atoms with van der Waals surface area (Å²) >= 11 is 0. The van der Waals surface area contributed by atoms with E-state index in [9.17, 15) is 9.59 Å². The predicted octanol–water partition coefficient (Wildman–Crippen LogP) is 5.53. The first kappa shape index (κ1) is 22.3. The lowest BCUT2D eigenvalue weighted by Crippen LogP contribution is -2.35. The zero-order valence-corrected chi connectivity index (χ0v) is 19.2.